The molecule has 2 heterocycles. The highest BCUT2D eigenvalue weighted by Gasteiger charge is 2.07. The van der Waals surface area contributed by atoms with Gasteiger partial charge in [0.15, 0.2) is 5.75 Å². The monoisotopic (exact) mass is 317 g/mol. The first-order valence-corrected chi connectivity index (χ1v) is 7.37. The largest absolute Gasteiger partial charge is 0.455 e. The number of para-hydroxylation sites is 1. The number of ether oxygens (including phenoxy) is 1. The molecule has 0 aliphatic carbocycles. The second-order valence-electron chi connectivity index (χ2n) is 4.90. The topological polar surface area (TPSA) is 64.1 Å². The molecule has 0 radical (unpaired) electrons. The summed E-state index contributed by atoms with van der Waals surface area (Å²) in [5.74, 6) is 0.939. The smallest absolute Gasteiger partial charge is 0.248 e. The van der Waals surface area contributed by atoms with Crippen molar-refractivity contribution in [3.8, 4) is 11.5 Å². The van der Waals surface area contributed by atoms with Crippen molar-refractivity contribution >= 4 is 17.7 Å². The third-order valence-corrected chi connectivity index (χ3v) is 3.12. The highest BCUT2D eigenvalue weighted by molar-refractivity contribution is 6.02. The van der Waals surface area contributed by atoms with Crippen molar-refractivity contribution in [1.29, 1.82) is 0 Å². The fraction of sp³-hybridized carbons (Fsp3) is 0. The number of hydrogen-bond donors (Lipinski definition) is 1. The highest BCUT2D eigenvalue weighted by atomic mass is 16.5. The lowest BCUT2D eigenvalue weighted by molar-refractivity contribution is -0.111. The van der Waals surface area contributed by atoms with Crippen LogP contribution in [0.3, 0.4) is 0 Å². The Morgan fingerprint density at radius 1 is 0.958 bits per heavy atom. The van der Waals surface area contributed by atoms with Crippen molar-refractivity contribution in [2.24, 2.45) is 0 Å². The summed E-state index contributed by atoms with van der Waals surface area (Å²) in [4.78, 5) is 20.1. The van der Waals surface area contributed by atoms with Gasteiger partial charge in [0, 0.05) is 30.7 Å². The molecule has 0 unspecified atom stereocenters. The van der Waals surface area contributed by atoms with Gasteiger partial charge in [0.05, 0.1) is 6.20 Å². The Hall–Kier alpha value is -3.47. The van der Waals surface area contributed by atoms with Gasteiger partial charge in [-0.1, -0.05) is 24.3 Å². The number of pyridine rings is 2. The van der Waals surface area contributed by atoms with Gasteiger partial charge in [-0.25, -0.2) is 0 Å². The van der Waals surface area contributed by atoms with E-state index in [2.05, 4.69) is 15.3 Å². The predicted octanol–water partition coefficient (Wildman–Crippen LogP) is 3.92. The molecule has 0 saturated carbocycles. The third-order valence-electron chi connectivity index (χ3n) is 3.12. The number of nitrogens with one attached hydrogen (secondary N) is 1. The zero-order chi connectivity index (χ0) is 16.6. The van der Waals surface area contributed by atoms with E-state index in [1.807, 2.05) is 42.5 Å². The first kappa shape index (κ1) is 15.4. The summed E-state index contributed by atoms with van der Waals surface area (Å²) < 4.78 is 5.78. The number of aromatic nitrogens is 2. The zero-order valence-corrected chi connectivity index (χ0v) is 12.8. The Morgan fingerprint density at radius 2 is 1.79 bits per heavy atom. The van der Waals surface area contributed by atoms with E-state index in [0.717, 1.165) is 5.56 Å². The van der Waals surface area contributed by atoms with Crippen LogP contribution in [-0.4, -0.2) is 15.9 Å². The predicted molar refractivity (Wildman–Crippen MR) is 92.7 cm³/mol. The van der Waals surface area contributed by atoms with E-state index in [1.165, 1.54) is 6.08 Å². The van der Waals surface area contributed by atoms with Crippen molar-refractivity contribution in [3.05, 3.63) is 85.0 Å². The van der Waals surface area contributed by atoms with Gasteiger partial charge in [0.25, 0.3) is 0 Å². The van der Waals surface area contributed by atoms with Crippen LogP contribution in [0.1, 0.15) is 5.56 Å². The Morgan fingerprint density at radius 3 is 2.58 bits per heavy atom. The molecule has 118 valence electrons. The summed E-state index contributed by atoms with van der Waals surface area (Å²) in [6.45, 7) is 0. The van der Waals surface area contributed by atoms with Crippen molar-refractivity contribution in [3.63, 3.8) is 0 Å². The summed E-state index contributed by atoms with van der Waals surface area (Å²) in [6.07, 6.45) is 9.65. The van der Waals surface area contributed by atoms with E-state index < -0.39 is 0 Å². The molecule has 0 atom stereocenters. The maximum absolute atomic E-state index is 12.1. The standard InChI is InChI=1S/C19H15N3O2/c23-19(9-8-15-5-4-11-20-13-15)22-17-14-21-12-10-18(17)24-16-6-2-1-3-7-16/h1-14H,(H,22,23)/b9-8-. The average Bonchev–Trinajstić information content (AvgIpc) is 2.63. The van der Waals surface area contributed by atoms with Gasteiger partial charge >= 0.3 is 0 Å². The van der Waals surface area contributed by atoms with Gasteiger partial charge in [0.1, 0.15) is 11.4 Å². The van der Waals surface area contributed by atoms with E-state index in [0.29, 0.717) is 17.2 Å². The molecule has 0 aliphatic heterocycles. The lowest BCUT2D eigenvalue weighted by atomic mass is 10.2. The summed E-state index contributed by atoms with van der Waals surface area (Å²) in [5, 5.41) is 2.77. The maximum atomic E-state index is 12.1. The minimum atomic E-state index is -0.273. The first-order valence-electron chi connectivity index (χ1n) is 7.37. The number of benzene rings is 1. The van der Waals surface area contributed by atoms with Crippen molar-refractivity contribution < 1.29 is 9.53 Å². The summed E-state index contributed by atoms with van der Waals surface area (Å²) in [5.41, 5.74) is 1.35. The molecule has 5 nitrogen and oxygen atoms in total. The minimum Gasteiger partial charge on any atom is -0.455 e. The number of carbonyl (C=O) groups excluding carboxylic acids is 1. The van der Waals surface area contributed by atoms with E-state index in [4.69, 9.17) is 4.74 Å². The zero-order valence-electron chi connectivity index (χ0n) is 12.8. The summed E-state index contributed by atoms with van der Waals surface area (Å²) in [6, 6.07) is 14.7. The molecule has 2 aromatic heterocycles. The molecule has 1 aromatic carbocycles. The molecule has 0 spiro atoms. The van der Waals surface area contributed by atoms with Crippen molar-refractivity contribution in [1.82, 2.24) is 9.97 Å². The first-order chi connectivity index (χ1) is 11.8. The van der Waals surface area contributed by atoms with Crippen LogP contribution in [-0.2, 0) is 4.79 Å². The van der Waals surface area contributed by atoms with Crippen LogP contribution in [0.5, 0.6) is 11.5 Å². The Kier molecular flexibility index (Phi) is 4.94. The molecule has 0 aliphatic rings. The molecular formula is C19H15N3O2. The normalized spacial score (nSPS) is 10.5. The Labute approximate surface area is 139 Å². The molecule has 5 heteroatoms. The number of anilines is 1. The second kappa shape index (κ2) is 7.69. The Bertz CT molecular complexity index is 834. The molecular weight excluding hydrogens is 302 g/mol. The number of carbonyl (C=O) groups is 1. The molecule has 3 rings (SSSR count). The van der Waals surface area contributed by atoms with E-state index in [9.17, 15) is 4.79 Å². The van der Waals surface area contributed by atoms with Crippen LogP contribution in [0.25, 0.3) is 6.08 Å². The number of hydrogen-bond acceptors (Lipinski definition) is 4. The quantitative estimate of drug-likeness (QED) is 0.724. The molecule has 0 bridgehead atoms. The SMILES string of the molecule is O=C(/C=C\c1cccnc1)Nc1cnccc1Oc1ccccc1. The van der Waals surface area contributed by atoms with E-state index in [-0.39, 0.29) is 5.91 Å². The van der Waals surface area contributed by atoms with Crippen LogP contribution >= 0.6 is 0 Å². The molecule has 1 amide bonds. The van der Waals surface area contributed by atoms with E-state index in [1.54, 1.807) is 36.9 Å². The van der Waals surface area contributed by atoms with Gasteiger partial charge < -0.3 is 10.1 Å². The molecule has 3 aromatic rings. The summed E-state index contributed by atoms with van der Waals surface area (Å²) in [7, 11) is 0. The fourth-order valence-corrected chi connectivity index (χ4v) is 2.00. The van der Waals surface area contributed by atoms with Gasteiger partial charge in [-0.2, -0.15) is 0 Å². The van der Waals surface area contributed by atoms with Gasteiger partial charge in [-0.3, -0.25) is 14.8 Å². The van der Waals surface area contributed by atoms with E-state index >= 15 is 0 Å². The molecule has 0 fully saturated rings. The van der Waals surface area contributed by atoms with Crippen LogP contribution in [0.2, 0.25) is 0 Å². The lowest BCUT2D eigenvalue weighted by Gasteiger charge is -2.10. The number of nitrogens with zero attached hydrogens (tertiary/aromatic N) is 2. The molecule has 1 N–H and O–H groups in total. The van der Waals surface area contributed by atoms with Gasteiger partial charge in [-0.05, 0) is 29.8 Å². The van der Waals surface area contributed by atoms with Crippen LogP contribution in [0.15, 0.2) is 79.4 Å². The van der Waals surface area contributed by atoms with Crippen molar-refractivity contribution in [2.45, 2.75) is 0 Å². The second-order valence-corrected chi connectivity index (χ2v) is 4.90. The highest BCUT2D eigenvalue weighted by Crippen LogP contribution is 2.28. The van der Waals surface area contributed by atoms with Crippen LogP contribution in [0, 0.1) is 0 Å². The maximum Gasteiger partial charge on any atom is 0.248 e. The third kappa shape index (κ3) is 4.27. The number of rotatable bonds is 5. The molecule has 24 heavy (non-hydrogen) atoms. The van der Waals surface area contributed by atoms with Gasteiger partial charge in [0.2, 0.25) is 5.91 Å². The van der Waals surface area contributed by atoms with Crippen LogP contribution in [0.4, 0.5) is 5.69 Å². The van der Waals surface area contributed by atoms with Crippen LogP contribution < -0.4 is 10.1 Å². The Balaban J connectivity index is 1.71. The minimum absolute atomic E-state index is 0.273. The average molecular weight is 317 g/mol. The van der Waals surface area contributed by atoms with Gasteiger partial charge in [-0.15, -0.1) is 0 Å². The molecule has 0 saturated heterocycles. The fourth-order valence-electron chi connectivity index (χ4n) is 2.00. The van der Waals surface area contributed by atoms with Crippen molar-refractivity contribution in [2.75, 3.05) is 5.32 Å². The lowest BCUT2D eigenvalue weighted by Crippen LogP contribution is -2.09. The number of amides is 1. The summed E-state index contributed by atoms with van der Waals surface area (Å²) >= 11 is 0.